The largest absolute Gasteiger partial charge is 0 e. The molecule has 0 fully saturated rings. The van der Waals surface area contributed by atoms with E-state index in [4.69, 9.17) is 0 Å². The van der Waals surface area contributed by atoms with Gasteiger partial charge >= 0.3 is 50.1 Å². The first-order valence-electron chi connectivity index (χ1n) is 0. The molecule has 4 heteroatoms. The fourth-order valence-corrected chi connectivity index (χ4v) is 0. The molecule has 0 saturated heterocycles. The zero-order valence-corrected chi connectivity index (χ0v) is 15.9. The third-order valence-electron chi connectivity index (χ3n) is 0. The molecule has 0 aromatic heterocycles. The van der Waals surface area contributed by atoms with E-state index in [1.165, 1.54) is 0 Å². The first-order valence-corrected chi connectivity index (χ1v) is 0. The van der Waals surface area contributed by atoms with Crippen molar-refractivity contribution in [2.24, 2.45) is 0 Å². The second kappa shape index (κ2) is 17.0. The third kappa shape index (κ3) is 8.85. The second-order valence-corrected chi connectivity index (χ2v) is 0. The Labute approximate surface area is 85.2 Å². The van der Waals surface area contributed by atoms with Gasteiger partial charge in [0, 0.05) is 36.5 Å². The molecule has 4 heavy (non-hydrogen) atoms. The minimum Gasteiger partial charge on any atom is 0 e. The van der Waals surface area contributed by atoms with Gasteiger partial charge in [-0.05, 0) is 0 Å². The molecule has 3 radical (unpaired) electrons. The van der Waals surface area contributed by atoms with Crippen molar-refractivity contribution in [3.05, 3.63) is 0 Å². The second-order valence-electron chi connectivity index (χ2n) is 0. The van der Waals surface area contributed by atoms with Crippen molar-refractivity contribution in [3.63, 3.8) is 0 Å². The summed E-state index contributed by atoms with van der Waals surface area (Å²) in [6.45, 7) is 0. The Morgan fingerprint density at radius 3 is 1.00 bits per heavy atom. The zero-order chi connectivity index (χ0) is 0. The van der Waals surface area contributed by atoms with E-state index in [0.717, 1.165) is 0 Å². The van der Waals surface area contributed by atoms with Crippen LogP contribution in [0, 0.1) is 0 Å². The van der Waals surface area contributed by atoms with E-state index >= 15 is 0 Å². The van der Waals surface area contributed by atoms with E-state index in [-0.39, 0.29) is 86.7 Å². The molecule has 0 aliphatic carbocycles. The van der Waals surface area contributed by atoms with E-state index in [0.29, 0.717) is 0 Å². The van der Waals surface area contributed by atoms with Gasteiger partial charge in [0.1, 0.15) is 0 Å². The van der Waals surface area contributed by atoms with E-state index in [2.05, 4.69) is 0 Å². The van der Waals surface area contributed by atoms with Gasteiger partial charge in [0.15, 0.2) is 0 Å². The zero-order valence-electron chi connectivity index (χ0n) is 2.42. The first kappa shape index (κ1) is 29.0. The maximum atomic E-state index is 0. The van der Waals surface area contributed by atoms with Gasteiger partial charge in [-0.3, -0.25) is 0 Å². The van der Waals surface area contributed by atoms with Gasteiger partial charge < -0.3 is 0 Å². The SMILES string of the molecule is [BiH3].[Cu].[SnH2].[Zn]. The Morgan fingerprint density at radius 1 is 1.00 bits per heavy atom. The van der Waals surface area contributed by atoms with Gasteiger partial charge in [0.25, 0.3) is 0 Å². The van der Waals surface area contributed by atoms with Gasteiger partial charge in [-0.2, -0.15) is 0 Å². The van der Waals surface area contributed by atoms with Crippen LogP contribution in [0.3, 0.4) is 0 Å². The van der Waals surface area contributed by atoms with Crippen molar-refractivity contribution in [1.82, 2.24) is 0 Å². The molecule has 0 heterocycles. The predicted molar refractivity (Wildman–Crippen MR) is 18.5 cm³/mol. The molecular formula is H5BiCuSnZn. The Bertz CT molecular complexity index is 8.00. The van der Waals surface area contributed by atoms with E-state index in [1.807, 2.05) is 0 Å². The molecule has 0 aliphatic rings. The van der Waals surface area contributed by atoms with E-state index in [9.17, 15) is 0 Å². The average molecular weight is 462 g/mol. The van der Waals surface area contributed by atoms with Crippen LogP contribution in [0.25, 0.3) is 0 Å². The quantitative estimate of drug-likeness (QED) is 0.363. The van der Waals surface area contributed by atoms with Crippen molar-refractivity contribution in [3.8, 4) is 0 Å². The van der Waals surface area contributed by atoms with Crippen LogP contribution in [0.2, 0.25) is 0 Å². The molecule has 0 aromatic rings. The maximum absolute atomic E-state index is 0. The van der Waals surface area contributed by atoms with Crippen LogP contribution >= 0.6 is 0 Å². The number of hydrogen-bond donors (Lipinski definition) is 0. The summed E-state index contributed by atoms with van der Waals surface area (Å²) in [5.74, 6) is 0. The monoisotopic (exact) mass is 461 g/mol. The van der Waals surface area contributed by atoms with Crippen molar-refractivity contribution in [2.45, 2.75) is 0 Å². The summed E-state index contributed by atoms with van der Waals surface area (Å²) in [4.78, 5) is 0. The van der Waals surface area contributed by atoms with Crippen LogP contribution in [-0.2, 0) is 36.5 Å². The summed E-state index contributed by atoms with van der Waals surface area (Å²) >= 11 is 0. The Balaban J connectivity index is 0. The summed E-state index contributed by atoms with van der Waals surface area (Å²) in [5.41, 5.74) is 0. The summed E-state index contributed by atoms with van der Waals surface area (Å²) in [6, 6.07) is 0. The van der Waals surface area contributed by atoms with Gasteiger partial charge in [-0.1, -0.05) is 0 Å². The Kier molecular flexibility index (Phi) is 123. The molecule has 0 bridgehead atoms. The van der Waals surface area contributed by atoms with Crippen LogP contribution < -0.4 is 0 Å². The van der Waals surface area contributed by atoms with E-state index < -0.39 is 0 Å². The predicted octanol–water partition coefficient (Wildman–Crippen LogP) is -2.11. The van der Waals surface area contributed by atoms with Crippen LogP contribution in [0.1, 0.15) is 0 Å². The number of hydrogen-bond acceptors (Lipinski definition) is 0. The molecule has 0 atom stereocenters. The topological polar surface area (TPSA) is 0 Å². The molecule has 0 saturated carbocycles. The van der Waals surface area contributed by atoms with Crippen LogP contribution in [0.5, 0.6) is 0 Å². The third-order valence-corrected chi connectivity index (χ3v) is 0. The van der Waals surface area contributed by atoms with E-state index in [1.54, 1.807) is 0 Å². The van der Waals surface area contributed by atoms with Gasteiger partial charge in [0.2, 0.25) is 0 Å². The summed E-state index contributed by atoms with van der Waals surface area (Å²) < 4.78 is 0. The Hall–Kier alpha value is 2.82. The minimum absolute atomic E-state index is 0. The summed E-state index contributed by atoms with van der Waals surface area (Å²) in [7, 11) is 0. The molecule has 27 valence electrons. The molecule has 0 unspecified atom stereocenters. The minimum atomic E-state index is 0. The fraction of sp³-hybridized carbons (Fsp3) is 0. The van der Waals surface area contributed by atoms with Crippen LogP contribution in [-0.4, -0.2) is 50.1 Å². The van der Waals surface area contributed by atoms with Crippen LogP contribution in [0.15, 0.2) is 0 Å². The van der Waals surface area contributed by atoms with Gasteiger partial charge in [0.05, 0.1) is 0 Å². The molecule has 0 rings (SSSR count). The fourth-order valence-electron chi connectivity index (χ4n) is 0. The smallest absolute Gasteiger partial charge is 0 e. The van der Waals surface area contributed by atoms with Crippen LogP contribution in [0.4, 0.5) is 0 Å². The molecular weight excluding hydrogens is 457 g/mol. The van der Waals surface area contributed by atoms with Gasteiger partial charge in [-0.15, -0.1) is 0 Å². The molecule has 0 spiro atoms. The molecule has 0 nitrogen and oxygen atoms in total. The molecule has 0 aromatic carbocycles. The maximum Gasteiger partial charge on any atom is 0 e. The molecule has 0 N–H and O–H groups in total. The van der Waals surface area contributed by atoms with Crippen molar-refractivity contribution >= 4 is 50.1 Å². The summed E-state index contributed by atoms with van der Waals surface area (Å²) in [5, 5.41) is 0. The molecule has 0 amide bonds. The van der Waals surface area contributed by atoms with Crippen molar-refractivity contribution in [2.75, 3.05) is 0 Å². The number of rotatable bonds is 0. The summed E-state index contributed by atoms with van der Waals surface area (Å²) in [6.07, 6.45) is 0. The normalized spacial score (nSPS) is 0. The standard InChI is InChI=1S/Bi.Cu.Sn.Zn.5H. The average Bonchev–Trinajstić information content (AvgIpc) is 0. The Morgan fingerprint density at radius 2 is 1.00 bits per heavy atom. The molecule has 0 aliphatic heterocycles. The first-order chi connectivity index (χ1) is 0. The van der Waals surface area contributed by atoms with Gasteiger partial charge in [-0.25, -0.2) is 0 Å². The van der Waals surface area contributed by atoms with Crippen molar-refractivity contribution in [1.29, 1.82) is 0 Å². The van der Waals surface area contributed by atoms with Crippen molar-refractivity contribution < 1.29 is 36.5 Å².